The number of aryl methyl sites for hydroxylation is 2. The number of thiocarbonyl (C=S) groups is 1. The Morgan fingerprint density at radius 1 is 0.946 bits per heavy atom. The number of ketones is 1. The van der Waals surface area contributed by atoms with Gasteiger partial charge < -0.3 is 4.52 Å². The van der Waals surface area contributed by atoms with E-state index in [9.17, 15) is 14.2 Å². The molecule has 7 heteroatoms. The number of benzene rings is 3. The summed E-state index contributed by atoms with van der Waals surface area (Å²) >= 11 is 6.98. The van der Waals surface area contributed by atoms with Gasteiger partial charge in [0.2, 0.25) is 0 Å². The van der Waals surface area contributed by atoms with Crippen molar-refractivity contribution in [2.45, 2.75) is 52.7 Å². The molecule has 3 aromatic rings. The molecule has 0 amide bonds. The van der Waals surface area contributed by atoms with Crippen LogP contribution in [0.25, 0.3) is 0 Å². The van der Waals surface area contributed by atoms with Crippen molar-refractivity contribution in [3.05, 3.63) is 100 Å². The van der Waals surface area contributed by atoms with E-state index >= 15 is 0 Å². The lowest BCUT2D eigenvalue weighted by Gasteiger charge is -2.25. The van der Waals surface area contributed by atoms with Gasteiger partial charge in [0, 0.05) is 17.3 Å². The minimum Gasteiger partial charge on any atom is -0.320 e. The van der Waals surface area contributed by atoms with Gasteiger partial charge in [-0.25, -0.2) is 0 Å². The van der Waals surface area contributed by atoms with Gasteiger partial charge in [-0.1, -0.05) is 78.6 Å². The Hall–Kier alpha value is -2.37. The maximum Gasteiger partial charge on any atom is 0.300 e. The summed E-state index contributed by atoms with van der Waals surface area (Å²) in [7, 11) is -3.84. The van der Waals surface area contributed by atoms with Crippen LogP contribution in [0.15, 0.2) is 66.7 Å². The van der Waals surface area contributed by atoms with Gasteiger partial charge in [0.1, 0.15) is 0 Å². The first kappa shape index (κ1) is 29.2. The second-order valence-electron chi connectivity index (χ2n) is 9.46. The summed E-state index contributed by atoms with van der Waals surface area (Å²) in [6.45, 7) is 11.2. The molecule has 0 aromatic heterocycles. The Bertz CT molecular complexity index is 1370. The van der Waals surface area contributed by atoms with E-state index in [1.54, 1.807) is 37.3 Å². The highest BCUT2D eigenvalue weighted by Gasteiger charge is 2.38. The van der Waals surface area contributed by atoms with Crippen molar-refractivity contribution in [1.29, 1.82) is 0 Å². The van der Waals surface area contributed by atoms with Crippen LogP contribution in [-0.2, 0) is 20.3 Å². The minimum atomic E-state index is -3.84. The molecule has 0 aliphatic rings. The zero-order valence-electron chi connectivity index (χ0n) is 22.2. The predicted octanol–water partition coefficient (Wildman–Crippen LogP) is 7.39. The van der Waals surface area contributed by atoms with Crippen LogP contribution in [0, 0.1) is 20.8 Å². The van der Waals surface area contributed by atoms with Crippen LogP contribution >= 0.6 is 31.3 Å². The first-order valence-electron chi connectivity index (χ1n) is 12.2. The minimum absolute atomic E-state index is 0.000262. The van der Waals surface area contributed by atoms with Gasteiger partial charge in [-0.2, -0.15) is 0 Å². The van der Waals surface area contributed by atoms with E-state index in [1.165, 1.54) is 11.8 Å². The fourth-order valence-corrected chi connectivity index (χ4v) is 8.06. The molecule has 37 heavy (non-hydrogen) atoms. The van der Waals surface area contributed by atoms with E-state index in [0.29, 0.717) is 26.2 Å². The molecule has 1 atom stereocenters. The third-order valence-electron chi connectivity index (χ3n) is 6.39. The van der Waals surface area contributed by atoms with Crippen molar-refractivity contribution < 1.29 is 18.7 Å². The summed E-state index contributed by atoms with van der Waals surface area (Å²) in [5.74, 6) is 0.000262. The van der Waals surface area contributed by atoms with Gasteiger partial charge in [-0.3, -0.25) is 14.2 Å². The highest BCUT2D eigenvalue weighted by atomic mass is 32.2. The summed E-state index contributed by atoms with van der Waals surface area (Å²) in [6, 6.07) is 20.1. The lowest BCUT2D eigenvalue weighted by Crippen LogP contribution is -2.31. The number of Topliss-reactive ketones (excluding diaryl/α,β-unsaturated/α-hetero) is 1. The molecule has 3 rings (SSSR count). The van der Waals surface area contributed by atoms with Crippen LogP contribution in [0.4, 0.5) is 0 Å². The second kappa shape index (κ2) is 12.0. The molecule has 0 heterocycles. The average Bonchev–Trinajstić information content (AvgIpc) is 2.87. The topological polar surface area (TPSA) is 60.4 Å². The molecule has 0 aliphatic heterocycles. The van der Waals surface area contributed by atoms with Gasteiger partial charge in [0.25, 0.3) is 5.52 Å². The van der Waals surface area contributed by atoms with Crippen molar-refractivity contribution in [1.82, 2.24) is 0 Å². The Morgan fingerprint density at radius 3 is 2.08 bits per heavy atom. The molecule has 3 aromatic carbocycles. The van der Waals surface area contributed by atoms with Crippen molar-refractivity contribution in [3.8, 4) is 0 Å². The molecule has 0 N–H and O–H groups in total. The molecule has 0 saturated heterocycles. The Balaban J connectivity index is 1.97. The SMILES string of the molecule is CCOP(=O)(C(=O)c1c(C)cc(C)c(CC(=O)C(C)(C)SC(=S)c2ccccc2)c1C)c1ccccc1. The summed E-state index contributed by atoms with van der Waals surface area (Å²) < 4.78 is 19.5. The van der Waals surface area contributed by atoms with Crippen molar-refractivity contribution in [2.75, 3.05) is 6.61 Å². The lowest BCUT2D eigenvalue weighted by atomic mass is 9.89. The molecule has 194 valence electrons. The van der Waals surface area contributed by atoms with E-state index in [1.807, 2.05) is 71.0 Å². The largest absolute Gasteiger partial charge is 0.320 e. The van der Waals surface area contributed by atoms with Gasteiger partial charge in [-0.15, -0.1) is 0 Å². The van der Waals surface area contributed by atoms with Crippen LogP contribution in [0.1, 0.15) is 58.9 Å². The molecule has 0 spiro atoms. The lowest BCUT2D eigenvalue weighted by molar-refractivity contribution is -0.119. The van der Waals surface area contributed by atoms with Crippen LogP contribution < -0.4 is 5.30 Å². The van der Waals surface area contributed by atoms with E-state index in [0.717, 1.165) is 16.7 Å². The molecule has 0 fully saturated rings. The van der Waals surface area contributed by atoms with Gasteiger partial charge in [-0.05, 0) is 81.5 Å². The number of rotatable bonds is 10. The zero-order chi connectivity index (χ0) is 27.4. The van der Waals surface area contributed by atoms with E-state index in [2.05, 4.69) is 0 Å². The fourth-order valence-electron chi connectivity index (χ4n) is 4.33. The summed E-state index contributed by atoms with van der Waals surface area (Å²) in [6.07, 6.45) is 0.139. The summed E-state index contributed by atoms with van der Waals surface area (Å²) in [4.78, 5) is 27.4. The smallest absolute Gasteiger partial charge is 0.300 e. The fraction of sp³-hybridized carbons (Fsp3) is 0.300. The normalized spacial score (nSPS) is 13.1. The molecule has 1 unspecified atom stereocenters. The maximum absolute atomic E-state index is 14.0. The number of thioether (sulfide) groups is 1. The molecule has 0 radical (unpaired) electrons. The molecule has 0 aliphatic carbocycles. The van der Waals surface area contributed by atoms with Crippen LogP contribution in [0.2, 0.25) is 0 Å². The number of carbonyl (C=O) groups excluding carboxylic acids is 2. The van der Waals surface area contributed by atoms with Gasteiger partial charge in [0.05, 0.1) is 15.6 Å². The summed E-state index contributed by atoms with van der Waals surface area (Å²) in [5.41, 5.74) is 3.80. The predicted molar refractivity (Wildman–Crippen MR) is 159 cm³/mol. The van der Waals surface area contributed by atoms with E-state index in [4.69, 9.17) is 16.7 Å². The number of carbonyl (C=O) groups is 2. The highest BCUT2D eigenvalue weighted by molar-refractivity contribution is 8.25. The Labute approximate surface area is 229 Å². The van der Waals surface area contributed by atoms with Crippen molar-refractivity contribution in [2.24, 2.45) is 0 Å². The monoisotopic (exact) mass is 552 g/mol. The first-order valence-corrected chi connectivity index (χ1v) is 15.0. The number of hydrogen-bond donors (Lipinski definition) is 0. The molecule has 4 nitrogen and oxygen atoms in total. The average molecular weight is 553 g/mol. The van der Waals surface area contributed by atoms with Crippen LogP contribution in [0.5, 0.6) is 0 Å². The summed E-state index contributed by atoms with van der Waals surface area (Å²) in [5, 5.41) is 0.366. The third-order valence-corrected chi connectivity index (χ3v) is 10.4. The maximum atomic E-state index is 14.0. The molecular weight excluding hydrogens is 519 g/mol. The standard InChI is InChI=1S/C30H33O4PS2/c1-7-34-35(33,24-16-12-9-13-17-24)28(32)27-21(3)18-20(2)25(22(27)4)19-26(31)30(5,6)37-29(36)23-14-10-8-11-15-23/h8-18H,7,19H2,1-6H3. The molecular formula is C30H33O4PS2. The highest BCUT2D eigenvalue weighted by Crippen LogP contribution is 2.50. The van der Waals surface area contributed by atoms with Crippen LogP contribution in [-0.4, -0.2) is 26.9 Å². The van der Waals surface area contributed by atoms with E-state index < -0.39 is 17.6 Å². The quantitative estimate of drug-likeness (QED) is 0.193. The second-order valence-corrected chi connectivity index (χ2v) is 14.0. The molecule has 0 bridgehead atoms. The van der Waals surface area contributed by atoms with Crippen molar-refractivity contribution in [3.63, 3.8) is 0 Å². The third kappa shape index (κ3) is 6.38. The number of hydrogen-bond acceptors (Lipinski definition) is 6. The van der Waals surface area contributed by atoms with Gasteiger partial charge in [0.15, 0.2) is 5.78 Å². The zero-order valence-corrected chi connectivity index (χ0v) is 24.7. The van der Waals surface area contributed by atoms with Crippen LogP contribution in [0.3, 0.4) is 0 Å². The molecule has 0 saturated carbocycles. The first-order chi connectivity index (χ1) is 17.4. The van der Waals surface area contributed by atoms with Gasteiger partial charge >= 0.3 is 7.37 Å². The Morgan fingerprint density at radius 2 is 1.51 bits per heavy atom. The Kier molecular flexibility index (Phi) is 9.47. The van der Waals surface area contributed by atoms with E-state index in [-0.39, 0.29) is 18.8 Å². The van der Waals surface area contributed by atoms with Crippen molar-refractivity contribution >= 4 is 52.2 Å².